The van der Waals surface area contributed by atoms with Crippen molar-refractivity contribution in [3.63, 3.8) is 0 Å². The van der Waals surface area contributed by atoms with Crippen LogP contribution in [0.2, 0.25) is 0 Å². The molecule has 0 spiro atoms. The van der Waals surface area contributed by atoms with Crippen molar-refractivity contribution in [1.29, 1.82) is 0 Å². The van der Waals surface area contributed by atoms with Gasteiger partial charge in [0.2, 0.25) is 5.60 Å². The van der Waals surface area contributed by atoms with Crippen molar-refractivity contribution in [3.8, 4) is 0 Å². The second-order valence-corrected chi connectivity index (χ2v) is 8.04. The third-order valence-electron chi connectivity index (χ3n) is 5.84. The van der Waals surface area contributed by atoms with E-state index in [1.54, 1.807) is 18.2 Å². The molecule has 5 heteroatoms. The number of Topliss-reactive ketones (excluding diaryl/α,β-unsaturated/α-hetero) is 1. The number of benzene rings is 2. The molecule has 1 saturated carbocycles. The van der Waals surface area contributed by atoms with Gasteiger partial charge in [0.05, 0.1) is 17.8 Å². The van der Waals surface area contributed by atoms with Crippen LogP contribution in [0.15, 0.2) is 54.3 Å². The van der Waals surface area contributed by atoms with Crippen LogP contribution in [0.4, 0.5) is 0 Å². The highest BCUT2D eigenvalue weighted by molar-refractivity contribution is 5.95. The van der Waals surface area contributed by atoms with Crippen LogP contribution in [0.1, 0.15) is 57.9 Å². The quantitative estimate of drug-likeness (QED) is 0.365. The van der Waals surface area contributed by atoms with Gasteiger partial charge in [0.1, 0.15) is 0 Å². The first kappa shape index (κ1) is 22.0. The van der Waals surface area contributed by atoms with Crippen LogP contribution in [-0.2, 0) is 19.9 Å². The predicted octanol–water partition coefficient (Wildman–Crippen LogP) is 4.96. The summed E-state index contributed by atoms with van der Waals surface area (Å²) >= 11 is 0. The maximum absolute atomic E-state index is 13.1. The molecule has 3 atom stereocenters. The maximum atomic E-state index is 13.1. The molecule has 0 radical (unpaired) electrons. The number of aliphatic hydroxyl groups is 2. The van der Waals surface area contributed by atoms with Crippen LogP contribution < -0.4 is 0 Å². The average molecular weight is 411 g/mol. The molecule has 5 nitrogen and oxygen atoms in total. The SMILES string of the molecule is CCCCCC/C=C(/O)C1C(O)CC(=O)C1(OC(C)=O)c1ccc2ccccc2c1. The fourth-order valence-electron chi connectivity index (χ4n) is 4.42. The van der Waals surface area contributed by atoms with Crippen LogP contribution in [0, 0.1) is 5.92 Å². The van der Waals surface area contributed by atoms with Gasteiger partial charge in [-0.05, 0) is 35.8 Å². The summed E-state index contributed by atoms with van der Waals surface area (Å²) in [6, 6.07) is 13.1. The Morgan fingerprint density at radius 1 is 1.17 bits per heavy atom. The summed E-state index contributed by atoms with van der Waals surface area (Å²) in [5.41, 5.74) is -1.27. The highest BCUT2D eigenvalue weighted by atomic mass is 16.6. The number of rotatable bonds is 8. The molecule has 0 heterocycles. The van der Waals surface area contributed by atoms with E-state index < -0.39 is 29.4 Å². The van der Waals surface area contributed by atoms with Gasteiger partial charge in [-0.25, -0.2) is 0 Å². The van der Waals surface area contributed by atoms with Gasteiger partial charge in [-0.2, -0.15) is 0 Å². The van der Waals surface area contributed by atoms with Gasteiger partial charge in [0.15, 0.2) is 5.78 Å². The van der Waals surface area contributed by atoms with E-state index in [0.717, 1.165) is 36.5 Å². The topological polar surface area (TPSA) is 83.8 Å². The van der Waals surface area contributed by atoms with Crippen LogP contribution in [-0.4, -0.2) is 28.1 Å². The molecule has 3 unspecified atom stereocenters. The average Bonchev–Trinajstić information content (AvgIpc) is 2.97. The number of carbonyl (C=O) groups excluding carboxylic acids is 2. The Morgan fingerprint density at radius 3 is 2.60 bits per heavy atom. The molecular weight excluding hydrogens is 380 g/mol. The van der Waals surface area contributed by atoms with Crippen LogP contribution >= 0.6 is 0 Å². The lowest BCUT2D eigenvalue weighted by molar-refractivity contribution is -0.170. The zero-order valence-electron chi connectivity index (χ0n) is 17.6. The van der Waals surface area contributed by atoms with Gasteiger partial charge in [-0.15, -0.1) is 0 Å². The van der Waals surface area contributed by atoms with Gasteiger partial charge >= 0.3 is 5.97 Å². The van der Waals surface area contributed by atoms with Crippen molar-refractivity contribution in [3.05, 3.63) is 59.9 Å². The summed E-state index contributed by atoms with van der Waals surface area (Å²) in [7, 11) is 0. The van der Waals surface area contributed by atoms with E-state index in [4.69, 9.17) is 4.74 Å². The number of unbranched alkanes of at least 4 members (excludes halogenated alkanes) is 4. The molecule has 1 fully saturated rings. The third-order valence-corrected chi connectivity index (χ3v) is 5.84. The molecule has 2 aromatic rings. The maximum Gasteiger partial charge on any atom is 0.303 e. The molecule has 0 bridgehead atoms. The molecule has 30 heavy (non-hydrogen) atoms. The number of hydrogen-bond acceptors (Lipinski definition) is 5. The monoisotopic (exact) mass is 410 g/mol. The van der Waals surface area contributed by atoms with Crippen molar-refractivity contribution < 1.29 is 24.5 Å². The Labute approximate surface area is 177 Å². The number of allylic oxidation sites excluding steroid dienone is 1. The van der Waals surface area contributed by atoms with Crippen molar-refractivity contribution in [2.24, 2.45) is 5.92 Å². The minimum absolute atomic E-state index is 0.0979. The Kier molecular flexibility index (Phi) is 6.93. The molecule has 2 N–H and O–H groups in total. The Hall–Kier alpha value is -2.66. The highest BCUT2D eigenvalue weighted by Crippen LogP contribution is 2.48. The molecule has 3 rings (SSSR count). The first-order valence-corrected chi connectivity index (χ1v) is 10.7. The molecule has 160 valence electrons. The van der Waals surface area contributed by atoms with Crippen LogP contribution in [0.5, 0.6) is 0 Å². The molecule has 0 saturated heterocycles. The number of ketones is 1. The van der Waals surface area contributed by atoms with Gasteiger partial charge < -0.3 is 14.9 Å². The van der Waals surface area contributed by atoms with E-state index in [1.165, 1.54) is 6.92 Å². The van der Waals surface area contributed by atoms with Crippen molar-refractivity contribution in [1.82, 2.24) is 0 Å². The van der Waals surface area contributed by atoms with E-state index in [0.29, 0.717) is 12.0 Å². The van der Waals surface area contributed by atoms with E-state index in [9.17, 15) is 19.8 Å². The Morgan fingerprint density at radius 2 is 1.90 bits per heavy atom. The summed E-state index contributed by atoms with van der Waals surface area (Å²) in [6.07, 6.45) is 5.17. The minimum atomic E-state index is -1.74. The molecule has 1 aliphatic rings. The number of fused-ring (bicyclic) bond motifs is 1. The summed E-state index contributed by atoms with van der Waals surface area (Å²) in [4.78, 5) is 25.2. The third kappa shape index (κ3) is 4.26. The normalized spacial score (nSPS) is 24.4. The lowest BCUT2D eigenvalue weighted by atomic mass is 9.80. The highest BCUT2D eigenvalue weighted by Gasteiger charge is 2.60. The van der Waals surface area contributed by atoms with Crippen LogP contribution in [0.3, 0.4) is 0 Å². The van der Waals surface area contributed by atoms with E-state index in [-0.39, 0.29) is 12.2 Å². The fourth-order valence-corrected chi connectivity index (χ4v) is 4.42. The molecule has 2 aromatic carbocycles. The summed E-state index contributed by atoms with van der Waals surface area (Å²) in [5, 5.41) is 23.4. The zero-order chi connectivity index (χ0) is 21.7. The van der Waals surface area contributed by atoms with Gasteiger partial charge in [0.25, 0.3) is 0 Å². The standard InChI is InChI=1S/C25H30O5/c1-3-4-5-6-7-12-21(27)24-22(28)16-23(29)25(24,30-17(2)26)20-14-13-18-10-8-9-11-19(18)15-20/h8-15,22,24,27-28H,3-7,16H2,1-2H3/b21-12+. The lowest BCUT2D eigenvalue weighted by Crippen LogP contribution is -2.44. The zero-order valence-corrected chi connectivity index (χ0v) is 17.6. The number of ether oxygens (including phenoxy) is 1. The molecule has 0 aromatic heterocycles. The number of carbonyl (C=O) groups is 2. The Bertz CT molecular complexity index is 947. The molecule has 0 aliphatic heterocycles. The second kappa shape index (κ2) is 9.43. The molecular formula is C25H30O5. The first-order chi connectivity index (χ1) is 14.4. The lowest BCUT2D eigenvalue weighted by Gasteiger charge is -2.34. The first-order valence-electron chi connectivity index (χ1n) is 10.7. The van der Waals surface area contributed by atoms with Gasteiger partial charge in [-0.1, -0.05) is 62.6 Å². The number of hydrogen-bond donors (Lipinski definition) is 2. The summed E-state index contributed by atoms with van der Waals surface area (Å²) < 4.78 is 5.65. The largest absolute Gasteiger partial charge is 0.512 e. The fraction of sp³-hybridized carbons (Fsp3) is 0.440. The van der Waals surface area contributed by atoms with E-state index in [2.05, 4.69) is 6.92 Å². The van der Waals surface area contributed by atoms with Gasteiger partial charge in [0, 0.05) is 18.9 Å². The molecule has 0 amide bonds. The van der Waals surface area contributed by atoms with Crippen molar-refractivity contribution >= 4 is 22.5 Å². The molecule has 1 aliphatic carbocycles. The van der Waals surface area contributed by atoms with Gasteiger partial charge in [-0.3, -0.25) is 9.59 Å². The summed E-state index contributed by atoms with van der Waals surface area (Å²) in [5.74, 6) is -2.16. The van der Waals surface area contributed by atoms with E-state index in [1.807, 2.05) is 30.3 Å². The minimum Gasteiger partial charge on any atom is -0.512 e. The second-order valence-electron chi connectivity index (χ2n) is 8.04. The number of esters is 1. The Balaban J connectivity index is 2.04. The van der Waals surface area contributed by atoms with Crippen molar-refractivity contribution in [2.75, 3.05) is 0 Å². The smallest absolute Gasteiger partial charge is 0.303 e. The van der Waals surface area contributed by atoms with Crippen LogP contribution in [0.25, 0.3) is 10.8 Å². The van der Waals surface area contributed by atoms with Crippen molar-refractivity contribution in [2.45, 2.75) is 64.1 Å². The van der Waals surface area contributed by atoms with E-state index >= 15 is 0 Å². The summed E-state index contributed by atoms with van der Waals surface area (Å²) in [6.45, 7) is 3.37. The predicted molar refractivity (Wildman–Crippen MR) is 116 cm³/mol. The number of aliphatic hydroxyl groups excluding tert-OH is 2.